The quantitative estimate of drug-likeness (QED) is 0.742. The van der Waals surface area contributed by atoms with Crippen LogP contribution in [0.5, 0.6) is 0 Å². The summed E-state index contributed by atoms with van der Waals surface area (Å²) in [6.45, 7) is 1.32. The third-order valence-corrected chi connectivity index (χ3v) is 3.35. The molecule has 1 atom stereocenters. The second-order valence-electron chi connectivity index (χ2n) is 4.97. The van der Waals surface area contributed by atoms with E-state index in [-0.39, 0.29) is 12.1 Å². The van der Waals surface area contributed by atoms with Gasteiger partial charge in [-0.05, 0) is 30.7 Å². The summed E-state index contributed by atoms with van der Waals surface area (Å²) in [5.74, 6) is 0.590. The molecule has 1 aromatic carbocycles. The summed E-state index contributed by atoms with van der Waals surface area (Å²) in [5, 5.41) is 5.95. The number of carbonyl (C=O) groups excluding carboxylic acids is 1. The molecule has 0 spiro atoms. The highest BCUT2D eigenvalue weighted by Crippen LogP contribution is 2.40. The fraction of sp³-hybridized carbons (Fsp3) is 0.533. The van der Waals surface area contributed by atoms with Gasteiger partial charge in [-0.2, -0.15) is 0 Å². The molecule has 1 aromatic rings. The van der Waals surface area contributed by atoms with Gasteiger partial charge >= 0.3 is 6.03 Å². The van der Waals surface area contributed by atoms with Crippen LogP contribution < -0.4 is 10.6 Å². The van der Waals surface area contributed by atoms with E-state index in [9.17, 15) is 4.79 Å². The Kier molecular flexibility index (Phi) is 5.21. The molecule has 0 radical (unpaired) electrons. The Balaban J connectivity index is 1.82. The molecule has 1 aliphatic rings. The number of methoxy groups -OCH3 is 1. The van der Waals surface area contributed by atoms with Crippen LogP contribution in [0.2, 0.25) is 0 Å². The molecule has 4 nitrogen and oxygen atoms in total. The number of hydrogen-bond donors (Lipinski definition) is 2. The van der Waals surface area contributed by atoms with Gasteiger partial charge in [-0.1, -0.05) is 30.3 Å². The fourth-order valence-electron chi connectivity index (χ4n) is 2.17. The largest absolute Gasteiger partial charge is 0.385 e. The van der Waals surface area contributed by atoms with Gasteiger partial charge in [0.1, 0.15) is 0 Å². The molecule has 0 bridgehead atoms. The number of urea groups is 1. The Morgan fingerprint density at radius 2 is 2.11 bits per heavy atom. The summed E-state index contributed by atoms with van der Waals surface area (Å²) in [5.41, 5.74) is 1.19. The second kappa shape index (κ2) is 7.14. The molecular formula is C15H22N2O2. The molecule has 2 rings (SSSR count). The van der Waals surface area contributed by atoms with E-state index in [1.165, 1.54) is 18.4 Å². The van der Waals surface area contributed by atoms with E-state index in [1.807, 2.05) is 18.2 Å². The lowest BCUT2D eigenvalue weighted by Gasteiger charge is -2.19. The number of hydrogen-bond acceptors (Lipinski definition) is 2. The zero-order valence-corrected chi connectivity index (χ0v) is 11.4. The van der Waals surface area contributed by atoms with Crippen molar-refractivity contribution < 1.29 is 9.53 Å². The molecule has 104 valence electrons. The number of benzene rings is 1. The summed E-state index contributed by atoms with van der Waals surface area (Å²) < 4.78 is 4.95. The van der Waals surface area contributed by atoms with Gasteiger partial charge in [0.05, 0.1) is 6.04 Å². The Morgan fingerprint density at radius 1 is 1.37 bits per heavy atom. The van der Waals surface area contributed by atoms with E-state index in [4.69, 9.17) is 4.74 Å². The van der Waals surface area contributed by atoms with E-state index < -0.39 is 0 Å². The summed E-state index contributed by atoms with van der Waals surface area (Å²) in [6.07, 6.45) is 3.23. The van der Waals surface area contributed by atoms with E-state index in [1.54, 1.807) is 7.11 Å². The van der Waals surface area contributed by atoms with Crippen LogP contribution in [0.1, 0.15) is 30.9 Å². The van der Waals surface area contributed by atoms with Crippen molar-refractivity contribution in [3.63, 3.8) is 0 Å². The predicted molar refractivity (Wildman–Crippen MR) is 74.9 cm³/mol. The molecule has 1 fully saturated rings. The minimum absolute atomic E-state index is 0.0862. The summed E-state index contributed by atoms with van der Waals surface area (Å²) in [4.78, 5) is 11.9. The molecule has 1 unspecified atom stereocenters. The van der Waals surface area contributed by atoms with E-state index in [0.29, 0.717) is 19.1 Å². The smallest absolute Gasteiger partial charge is 0.315 e. The number of nitrogens with one attached hydrogen (secondary N) is 2. The molecule has 0 aromatic heterocycles. The minimum Gasteiger partial charge on any atom is -0.385 e. The number of carbonyl (C=O) groups is 1. The SMILES string of the molecule is COCCCNC(=O)NC(c1ccccc1)C1CC1. The molecule has 19 heavy (non-hydrogen) atoms. The third-order valence-electron chi connectivity index (χ3n) is 3.35. The molecule has 2 amide bonds. The highest BCUT2D eigenvalue weighted by molar-refractivity contribution is 5.74. The number of rotatable bonds is 7. The lowest BCUT2D eigenvalue weighted by Crippen LogP contribution is -2.39. The Hall–Kier alpha value is -1.55. The van der Waals surface area contributed by atoms with E-state index >= 15 is 0 Å². The van der Waals surface area contributed by atoms with Crippen molar-refractivity contribution in [3.05, 3.63) is 35.9 Å². The monoisotopic (exact) mass is 262 g/mol. The summed E-state index contributed by atoms with van der Waals surface area (Å²) >= 11 is 0. The molecule has 0 aliphatic heterocycles. The van der Waals surface area contributed by atoms with Crippen LogP contribution in [-0.4, -0.2) is 26.3 Å². The Morgan fingerprint density at radius 3 is 2.74 bits per heavy atom. The molecule has 1 aliphatic carbocycles. The van der Waals surface area contributed by atoms with Crippen molar-refractivity contribution >= 4 is 6.03 Å². The fourth-order valence-corrected chi connectivity index (χ4v) is 2.17. The molecule has 0 heterocycles. The normalized spacial score (nSPS) is 15.8. The highest BCUT2D eigenvalue weighted by Gasteiger charge is 2.33. The van der Waals surface area contributed by atoms with Crippen molar-refractivity contribution in [2.45, 2.75) is 25.3 Å². The summed E-state index contributed by atoms with van der Waals surface area (Å²) in [7, 11) is 1.67. The van der Waals surface area contributed by atoms with Gasteiger partial charge in [-0.3, -0.25) is 0 Å². The van der Waals surface area contributed by atoms with E-state index in [2.05, 4.69) is 22.8 Å². The maximum Gasteiger partial charge on any atom is 0.315 e. The van der Waals surface area contributed by atoms with Gasteiger partial charge in [0.25, 0.3) is 0 Å². The number of amides is 2. The maximum atomic E-state index is 11.9. The van der Waals surface area contributed by atoms with Crippen LogP contribution in [0.4, 0.5) is 4.79 Å². The van der Waals surface area contributed by atoms with Crippen LogP contribution in [0.3, 0.4) is 0 Å². The van der Waals surface area contributed by atoms with Crippen molar-refractivity contribution in [1.82, 2.24) is 10.6 Å². The van der Waals surface area contributed by atoms with Gasteiger partial charge in [0.2, 0.25) is 0 Å². The lowest BCUT2D eigenvalue weighted by atomic mass is 10.0. The standard InChI is InChI=1S/C15H22N2O2/c1-19-11-5-10-16-15(18)17-14(13-8-9-13)12-6-3-2-4-7-12/h2-4,6-7,13-14H,5,8-11H2,1H3,(H2,16,17,18). The van der Waals surface area contributed by atoms with E-state index in [0.717, 1.165) is 6.42 Å². The van der Waals surface area contributed by atoms with Crippen LogP contribution in [-0.2, 0) is 4.74 Å². The van der Waals surface area contributed by atoms with Crippen LogP contribution in [0, 0.1) is 5.92 Å². The Labute approximate surface area is 114 Å². The van der Waals surface area contributed by atoms with Gasteiger partial charge in [0, 0.05) is 20.3 Å². The average Bonchev–Trinajstić information content (AvgIpc) is 3.26. The van der Waals surface area contributed by atoms with Gasteiger partial charge in [-0.15, -0.1) is 0 Å². The first kappa shape index (κ1) is 13.9. The first-order valence-corrected chi connectivity index (χ1v) is 6.89. The van der Waals surface area contributed by atoms with Crippen LogP contribution in [0.15, 0.2) is 30.3 Å². The molecule has 4 heteroatoms. The molecule has 0 saturated heterocycles. The lowest BCUT2D eigenvalue weighted by molar-refractivity contribution is 0.193. The van der Waals surface area contributed by atoms with Crippen molar-refractivity contribution in [1.29, 1.82) is 0 Å². The molecular weight excluding hydrogens is 240 g/mol. The van der Waals surface area contributed by atoms with Crippen molar-refractivity contribution in [3.8, 4) is 0 Å². The zero-order valence-electron chi connectivity index (χ0n) is 11.4. The first-order chi connectivity index (χ1) is 9.31. The molecule has 1 saturated carbocycles. The number of ether oxygens (including phenoxy) is 1. The summed E-state index contributed by atoms with van der Waals surface area (Å²) in [6, 6.07) is 10.2. The predicted octanol–water partition coefficient (Wildman–Crippen LogP) is 2.47. The topological polar surface area (TPSA) is 50.4 Å². The van der Waals surface area contributed by atoms with Crippen LogP contribution >= 0.6 is 0 Å². The van der Waals surface area contributed by atoms with Crippen molar-refractivity contribution in [2.24, 2.45) is 5.92 Å². The van der Waals surface area contributed by atoms with Crippen molar-refractivity contribution in [2.75, 3.05) is 20.3 Å². The van der Waals surface area contributed by atoms with Gasteiger partial charge in [-0.25, -0.2) is 4.79 Å². The van der Waals surface area contributed by atoms with Gasteiger partial charge in [0.15, 0.2) is 0 Å². The minimum atomic E-state index is -0.0862. The van der Waals surface area contributed by atoms with Crippen LogP contribution in [0.25, 0.3) is 0 Å². The highest BCUT2D eigenvalue weighted by atomic mass is 16.5. The van der Waals surface area contributed by atoms with Gasteiger partial charge < -0.3 is 15.4 Å². The average molecular weight is 262 g/mol. The maximum absolute atomic E-state index is 11.9. The first-order valence-electron chi connectivity index (χ1n) is 6.89. The zero-order chi connectivity index (χ0) is 13.5. The second-order valence-corrected chi connectivity index (χ2v) is 4.97. The molecule has 2 N–H and O–H groups in total. The Bertz CT molecular complexity index is 390. The third kappa shape index (κ3) is 4.56.